The highest BCUT2D eigenvalue weighted by atomic mass is 19.3. The monoisotopic (exact) mass is 694 g/mol. The molecule has 9 rings (SSSR count). The normalized spacial score (nSPS) is 28.1. The number of aryl methyl sites for hydroxylation is 1. The van der Waals surface area contributed by atoms with Crippen molar-refractivity contribution in [2.24, 2.45) is 0 Å². The largest absolute Gasteiger partial charge is 0.508 e. The van der Waals surface area contributed by atoms with Gasteiger partial charge in [-0.25, -0.2) is 22.0 Å². The lowest BCUT2D eigenvalue weighted by atomic mass is 9.85. The number of fused-ring (bicyclic) bond motifs is 5. The van der Waals surface area contributed by atoms with Gasteiger partial charge in [0, 0.05) is 68.8 Å². The standard InChI is InChI=1S/C37H39F5N6O2/c1-2-26-29(39)7-4-20-10-25(49)11-27(30(20)26)32-31(40)33-28(15-43-32)34(45-35(44-33)50-19-36-8-3-9-47(36)16-21(38)12-36)46-17-22-5-6-23(18-46)48(22)24-13-37(41,42)14-24/h4,7,10-11,15,21-24,49H,2-3,5-6,8-9,12-14,16-19H2,1H3/t21-,22-,23+,36+/m1/s1. The number of hydrogen-bond acceptors (Lipinski definition) is 8. The number of nitrogens with zero attached hydrogens (tertiary/aromatic N) is 6. The molecule has 1 saturated carbocycles. The molecule has 264 valence electrons. The highest BCUT2D eigenvalue weighted by Crippen LogP contribution is 2.47. The molecule has 0 amide bonds. The molecule has 13 heteroatoms. The smallest absolute Gasteiger partial charge is 0.319 e. The molecule has 0 unspecified atom stereocenters. The van der Waals surface area contributed by atoms with E-state index in [2.05, 4.69) is 24.7 Å². The fraction of sp³-hybridized carbons (Fsp3) is 0.541. The van der Waals surface area contributed by atoms with E-state index in [-0.39, 0.29) is 66.1 Å². The van der Waals surface area contributed by atoms with Crippen LogP contribution in [0.3, 0.4) is 0 Å². The summed E-state index contributed by atoms with van der Waals surface area (Å²) in [6.07, 6.45) is 4.45. The van der Waals surface area contributed by atoms with Crippen molar-refractivity contribution < 1.29 is 31.8 Å². The third-order valence-corrected chi connectivity index (χ3v) is 12.0. The molecule has 5 fully saturated rings. The van der Waals surface area contributed by atoms with E-state index in [4.69, 9.17) is 9.72 Å². The molecule has 5 aliphatic rings. The summed E-state index contributed by atoms with van der Waals surface area (Å²) in [5.74, 6) is -3.49. The fourth-order valence-electron chi connectivity index (χ4n) is 9.74. The van der Waals surface area contributed by atoms with Crippen molar-refractivity contribution in [1.29, 1.82) is 0 Å². The SMILES string of the molecule is CCc1c(F)ccc2cc(O)cc(-c3ncc4c(N5C[C@H]6CC[C@@H](C5)N6C5CC(F)(F)C5)nc(OC[C@@]56CCCN5C[C@H](F)C6)nc4c3F)c12. The number of alkyl halides is 3. The lowest BCUT2D eigenvalue weighted by Gasteiger charge is -2.50. The van der Waals surface area contributed by atoms with Crippen molar-refractivity contribution in [3.05, 3.63) is 47.7 Å². The third-order valence-electron chi connectivity index (χ3n) is 12.0. The predicted molar refractivity (Wildman–Crippen MR) is 179 cm³/mol. The number of benzene rings is 2. The van der Waals surface area contributed by atoms with Crippen LogP contribution in [0.15, 0.2) is 30.5 Å². The van der Waals surface area contributed by atoms with Gasteiger partial charge in [-0.1, -0.05) is 13.0 Å². The lowest BCUT2D eigenvalue weighted by molar-refractivity contribution is -0.135. The summed E-state index contributed by atoms with van der Waals surface area (Å²) in [5, 5.41) is 12.0. The topological polar surface area (TPSA) is 77.9 Å². The van der Waals surface area contributed by atoms with Gasteiger partial charge >= 0.3 is 6.01 Å². The third kappa shape index (κ3) is 5.09. The second-order valence-corrected chi connectivity index (χ2v) is 15.0. The van der Waals surface area contributed by atoms with Crippen LogP contribution < -0.4 is 9.64 Å². The molecule has 0 spiro atoms. The quantitative estimate of drug-likeness (QED) is 0.212. The summed E-state index contributed by atoms with van der Waals surface area (Å²) >= 11 is 0. The molecule has 8 nitrogen and oxygen atoms in total. The van der Waals surface area contributed by atoms with E-state index in [1.165, 1.54) is 24.4 Å². The zero-order valence-electron chi connectivity index (χ0n) is 27.8. The zero-order chi connectivity index (χ0) is 34.5. The van der Waals surface area contributed by atoms with Crippen LogP contribution >= 0.6 is 0 Å². The minimum absolute atomic E-state index is 0.0371. The van der Waals surface area contributed by atoms with E-state index in [0.717, 1.165) is 32.2 Å². The molecule has 4 aromatic rings. The fourth-order valence-corrected chi connectivity index (χ4v) is 9.74. The van der Waals surface area contributed by atoms with Crippen LogP contribution in [0.25, 0.3) is 32.9 Å². The summed E-state index contributed by atoms with van der Waals surface area (Å²) in [6.45, 7) is 4.15. The molecule has 1 aliphatic carbocycles. The van der Waals surface area contributed by atoms with Gasteiger partial charge in [0.1, 0.15) is 41.4 Å². The maximum Gasteiger partial charge on any atom is 0.319 e. The summed E-state index contributed by atoms with van der Waals surface area (Å²) in [7, 11) is 0. The van der Waals surface area contributed by atoms with Gasteiger partial charge < -0.3 is 14.7 Å². The summed E-state index contributed by atoms with van der Waals surface area (Å²) in [5.41, 5.74) is 0.0116. The van der Waals surface area contributed by atoms with Gasteiger partial charge in [0.2, 0.25) is 0 Å². The molecule has 4 saturated heterocycles. The lowest BCUT2D eigenvalue weighted by Crippen LogP contribution is -2.62. The van der Waals surface area contributed by atoms with Gasteiger partial charge in [-0.2, -0.15) is 9.97 Å². The van der Waals surface area contributed by atoms with Crippen molar-refractivity contribution in [2.45, 2.75) is 94.0 Å². The zero-order valence-corrected chi connectivity index (χ0v) is 27.8. The van der Waals surface area contributed by atoms with E-state index >= 15 is 8.78 Å². The van der Waals surface area contributed by atoms with Crippen LogP contribution in [0.1, 0.15) is 57.4 Å². The van der Waals surface area contributed by atoms with Crippen molar-refractivity contribution in [3.63, 3.8) is 0 Å². The molecule has 2 aromatic carbocycles. The molecular weight excluding hydrogens is 655 g/mol. The molecule has 2 bridgehead atoms. The highest BCUT2D eigenvalue weighted by Gasteiger charge is 2.54. The first kappa shape index (κ1) is 32.1. The maximum absolute atomic E-state index is 17.0. The first-order valence-electron chi connectivity index (χ1n) is 17.8. The Labute approximate surface area is 286 Å². The van der Waals surface area contributed by atoms with Gasteiger partial charge in [0.25, 0.3) is 5.92 Å². The maximum atomic E-state index is 17.0. The van der Waals surface area contributed by atoms with Gasteiger partial charge in [-0.3, -0.25) is 14.8 Å². The van der Waals surface area contributed by atoms with Crippen LogP contribution in [0.5, 0.6) is 11.8 Å². The number of hydrogen-bond donors (Lipinski definition) is 1. The van der Waals surface area contributed by atoms with Crippen molar-refractivity contribution in [3.8, 4) is 23.0 Å². The first-order chi connectivity index (χ1) is 24.0. The molecular formula is C37H39F5N6O2. The number of phenolic OH excluding ortho intramolecular Hbond substituents is 1. The Kier molecular flexibility index (Phi) is 7.44. The first-order valence-corrected chi connectivity index (χ1v) is 17.8. The van der Waals surface area contributed by atoms with Crippen LogP contribution in [-0.4, -0.2) is 98.4 Å². The summed E-state index contributed by atoms with van der Waals surface area (Å²) in [6, 6.07) is 5.69. The van der Waals surface area contributed by atoms with Crippen LogP contribution in [0.2, 0.25) is 0 Å². The van der Waals surface area contributed by atoms with Crippen LogP contribution in [0, 0.1) is 11.6 Å². The highest BCUT2D eigenvalue weighted by molar-refractivity contribution is 6.01. The summed E-state index contributed by atoms with van der Waals surface area (Å²) < 4.78 is 80.6. The molecule has 4 atom stereocenters. The molecule has 50 heavy (non-hydrogen) atoms. The molecule has 4 aliphatic heterocycles. The summed E-state index contributed by atoms with van der Waals surface area (Å²) in [4.78, 5) is 20.4. The van der Waals surface area contributed by atoms with Crippen LogP contribution in [-0.2, 0) is 6.42 Å². The van der Waals surface area contributed by atoms with Gasteiger partial charge in [0.05, 0.1) is 10.9 Å². The van der Waals surface area contributed by atoms with Crippen molar-refractivity contribution >= 4 is 27.5 Å². The Morgan fingerprint density at radius 2 is 1.78 bits per heavy atom. The number of halogens is 5. The molecule has 0 radical (unpaired) electrons. The second kappa shape index (κ2) is 11.6. The average molecular weight is 695 g/mol. The Hall–Kier alpha value is -3.84. The molecule has 1 N–H and O–H groups in total. The number of pyridine rings is 1. The average Bonchev–Trinajstić information content (AvgIpc) is 3.68. The number of anilines is 1. The Balaban J connectivity index is 1.14. The number of aromatic hydroxyl groups is 1. The molecule has 2 aromatic heterocycles. The number of aromatic nitrogens is 3. The van der Waals surface area contributed by atoms with Gasteiger partial charge in [0.15, 0.2) is 5.82 Å². The van der Waals surface area contributed by atoms with E-state index in [0.29, 0.717) is 60.0 Å². The second-order valence-electron chi connectivity index (χ2n) is 15.0. The predicted octanol–water partition coefficient (Wildman–Crippen LogP) is 6.80. The van der Waals surface area contributed by atoms with Gasteiger partial charge in [-0.15, -0.1) is 0 Å². The Morgan fingerprint density at radius 3 is 2.52 bits per heavy atom. The Morgan fingerprint density at radius 1 is 1.00 bits per heavy atom. The number of piperazine rings is 1. The Bertz CT molecular complexity index is 1990. The van der Waals surface area contributed by atoms with E-state index in [1.54, 1.807) is 6.07 Å². The van der Waals surface area contributed by atoms with E-state index in [9.17, 15) is 18.3 Å². The minimum atomic E-state index is -2.61. The van der Waals surface area contributed by atoms with Crippen LogP contribution in [0.4, 0.5) is 27.8 Å². The van der Waals surface area contributed by atoms with Crippen molar-refractivity contribution in [1.82, 2.24) is 24.8 Å². The van der Waals surface area contributed by atoms with E-state index in [1.807, 2.05) is 6.92 Å². The van der Waals surface area contributed by atoms with E-state index < -0.39 is 29.3 Å². The number of ether oxygens (including phenoxy) is 1. The van der Waals surface area contributed by atoms with Crippen molar-refractivity contribution in [2.75, 3.05) is 37.7 Å². The van der Waals surface area contributed by atoms with Gasteiger partial charge in [-0.05, 0) is 73.2 Å². The molecule has 6 heterocycles. The number of rotatable bonds is 7. The minimum Gasteiger partial charge on any atom is -0.508 e. The number of phenols is 1.